The molecule has 0 saturated heterocycles. The number of nitrogens with two attached hydrogens (primary N) is 1. The van der Waals surface area contributed by atoms with Gasteiger partial charge in [0.25, 0.3) is 0 Å². The van der Waals surface area contributed by atoms with E-state index in [1.165, 1.54) is 19.3 Å². The maximum Gasteiger partial charge on any atom is 0.0757 e. The van der Waals surface area contributed by atoms with Gasteiger partial charge in [0.05, 0.1) is 13.2 Å². The lowest BCUT2D eigenvalue weighted by atomic mass is 9.70. The molecule has 3 heteroatoms. The van der Waals surface area contributed by atoms with Crippen LogP contribution in [0.15, 0.2) is 0 Å². The van der Waals surface area contributed by atoms with Gasteiger partial charge in [-0.05, 0) is 12.8 Å². The minimum absolute atomic E-state index is 0.253. The van der Waals surface area contributed by atoms with Crippen molar-refractivity contribution in [2.24, 2.45) is 11.3 Å². The van der Waals surface area contributed by atoms with Crippen molar-refractivity contribution in [3.05, 3.63) is 0 Å². The zero-order valence-electron chi connectivity index (χ0n) is 6.43. The second kappa shape index (κ2) is 3.32. The predicted octanol–water partition coefficient (Wildman–Crippen LogP) is 0.693. The second-order valence-corrected chi connectivity index (χ2v) is 3.10. The first-order chi connectivity index (χ1) is 4.83. The Morgan fingerprint density at radius 3 is 2.40 bits per heavy atom. The Morgan fingerprint density at radius 2 is 2.10 bits per heavy atom. The van der Waals surface area contributed by atoms with Crippen molar-refractivity contribution in [2.75, 3.05) is 20.3 Å². The minimum Gasteiger partial charge on any atom is -0.384 e. The Balaban J connectivity index is 2.27. The normalized spacial score (nSPS) is 22.2. The largest absolute Gasteiger partial charge is 0.384 e. The topological polar surface area (TPSA) is 44.5 Å². The lowest BCUT2D eigenvalue weighted by Crippen LogP contribution is -2.39. The molecule has 1 saturated carbocycles. The van der Waals surface area contributed by atoms with E-state index < -0.39 is 0 Å². The zero-order valence-corrected chi connectivity index (χ0v) is 6.43. The first-order valence-electron chi connectivity index (χ1n) is 3.64. The summed E-state index contributed by atoms with van der Waals surface area (Å²) >= 11 is 0. The number of hydrogen-bond acceptors (Lipinski definition) is 3. The molecule has 0 aromatic heterocycles. The molecule has 2 N–H and O–H groups in total. The summed E-state index contributed by atoms with van der Waals surface area (Å²) < 4.78 is 5.07. The number of hydrogen-bond donors (Lipinski definition) is 1. The summed E-state index contributed by atoms with van der Waals surface area (Å²) in [7, 11) is 1.72. The van der Waals surface area contributed by atoms with Gasteiger partial charge in [-0.1, -0.05) is 6.42 Å². The predicted molar refractivity (Wildman–Crippen MR) is 38.3 cm³/mol. The number of ether oxygens (including phenoxy) is 1. The van der Waals surface area contributed by atoms with Crippen molar-refractivity contribution >= 4 is 0 Å². The van der Waals surface area contributed by atoms with Crippen LogP contribution in [0.1, 0.15) is 19.3 Å². The maximum atomic E-state index is 5.07. The molecular formula is C7H15NO2. The lowest BCUT2D eigenvalue weighted by Gasteiger charge is -2.40. The fourth-order valence-electron chi connectivity index (χ4n) is 1.49. The molecule has 0 spiro atoms. The van der Waals surface area contributed by atoms with Crippen LogP contribution in [0, 0.1) is 5.41 Å². The molecule has 0 aromatic rings. The molecule has 10 heavy (non-hydrogen) atoms. The van der Waals surface area contributed by atoms with E-state index >= 15 is 0 Å². The van der Waals surface area contributed by atoms with Crippen LogP contribution >= 0.6 is 0 Å². The standard InChI is InChI=1S/C7H15NO2/c1-9-5-7(6-10-8)3-2-4-7/h2-6,8H2,1H3. The third kappa shape index (κ3) is 1.48. The van der Waals surface area contributed by atoms with Gasteiger partial charge in [0, 0.05) is 12.5 Å². The Hall–Kier alpha value is -0.120. The molecule has 0 radical (unpaired) electrons. The molecule has 1 aliphatic carbocycles. The highest BCUT2D eigenvalue weighted by Crippen LogP contribution is 2.40. The zero-order chi connectivity index (χ0) is 7.45. The average molecular weight is 145 g/mol. The Morgan fingerprint density at radius 1 is 1.40 bits per heavy atom. The van der Waals surface area contributed by atoms with E-state index in [1.54, 1.807) is 7.11 Å². The fraction of sp³-hybridized carbons (Fsp3) is 1.00. The number of rotatable bonds is 4. The third-order valence-electron chi connectivity index (χ3n) is 2.25. The highest BCUT2D eigenvalue weighted by molar-refractivity contribution is 4.87. The van der Waals surface area contributed by atoms with Gasteiger partial charge in [-0.25, -0.2) is 5.90 Å². The molecule has 0 amide bonds. The van der Waals surface area contributed by atoms with Crippen molar-refractivity contribution in [3.8, 4) is 0 Å². The van der Waals surface area contributed by atoms with Crippen LogP contribution in [0.25, 0.3) is 0 Å². The van der Waals surface area contributed by atoms with Crippen LogP contribution in [0.5, 0.6) is 0 Å². The van der Waals surface area contributed by atoms with Crippen molar-refractivity contribution in [2.45, 2.75) is 19.3 Å². The average Bonchev–Trinajstić information content (AvgIpc) is 1.84. The third-order valence-corrected chi connectivity index (χ3v) is 2.25. The monoisotopic (exact) mass is 145 g/mol. The minimum atomic E-state index is 0.253. The van der Waals surface area contributed by atoms with Gasteiger partial charge in [0.2, 0.25) is 0 Å². The molecule has 1 fully saturated rings. The van der Waals surface area contributed by atoms with Gasteiger partial charge in [0.15, 0.2) is 0 Å². The van der Waals surface area contributed by atoms with Gasteiger partial charge < -0.3 is 9.57 Å². The molecule has 0 heterocycles. The van der Waals surface area contributed by atoms with Gasteiger partial charge in [0.1, 0.15) is 0 Å². The van der Waals surface area contributed by atoms with E-state index in [2.05, 4.69) is 4.84 Å². The Kier molecular flexibility index (Phi) is 2.65. The molecule has 0 aromatic carbocycles. The first kappa shape index (κ1) is 7.98. The first-order valence-corrected chi connectivity index (χ1v) is 3.64. The van der Waals surface area contributed by atoms with Crippen LogP contribution in [-0.4, -0.2) is 20.3 Å². The van der Waals surface area contributed by atoms with E-state index in [1.807, 2.05) is 0 Å². The van der Waals surface area contributed by atoms with Gasteiger partial charge in [-0.2, -0.15) is 0 Å². The molecule has 1 rings (SSSR count). The summed E-state index contributed by atoms with van der Waals surface area (Å²) in [6.07, 6.45) is 3.67. The van der Waals surface area contributed by atoms with E-state index in [4.69, 9.17) is 10.6 Å². The molecule has 0 aliphatic heterocycles. The van der Waals surface area contributed by atoms with Crippen LogP contribution in [0.2, 0.25) is 0 Å². The van der Waals surface area contributed by atoms with Crippen LogP contribution in [0.3, 0.4) is 0 Å². The summed E-state index contributed by atoms with van der Waals surface area (Å²) in [5.41, 5.74) is 0.253. The van der Waals surface area contributed by atoms with E-state index in [0.717, 1.165) is 6.61 Å². The Labute approximate surface area is 61.4 Å². The summed E-state index contributed by atoms with van der Waals surface area (Å²) in [6.45, 7) is 1.42. The van der Waals surface area contributed by atoms with E-state index in [-0.39, 0.29) is 5.41 Å². The van der Waals surface area contributed by atoms with Gasteiger partial charge >= 0.3 is 0 Å². The molecule has 1 aliphatic rings. The number of methoxy groups -OCH3 is 1. The molecule has 0 unspecified atom stereocenters. The van der Waals surface area contributed by atoms with Crippen molar-refractivity contribution in [3.63, 3.8) is 0 Å². The highest BCUT2D eigenvalue weighted by atomic mass is 16.6. The molecule has 0 bridgehead atoms. The molecule has 60 valence electrons. The van der Waals surface area contributed by atoms with Crippen molar-refractivity contribution in [1.29, 1.82) is 0 Å². The lowest BCUT2D eigenvalue weighted by molar-refractivity contribution is -0.0554. The van der Waals surface area contributed by atoms with Gasteiger partial charge in [-0.15, -0.1) is 0 Å². The fourth-order valence-corrected chi connectivity index (χ4v) is 1.49. The van der Waals surface area contributed by atoms with E-state index in [9.17, 15) is 0 Å². The molecular weight excluding hydrogens is 130 g/mol. The Bertz CT molecular complexity index is 93.8. The van der Waals surface area contributed by atoms with Crippen LogP contribution < -0.4 is 5.90 Å². The van der Waals surface area contributed by atoms with E-state index in [0.29, 0.717) is 6.61 Å². The maximum absolute atomic E-state index is 5.07. The quantitative estimate of drug-likeness (QED) is 0.592. The smallest absolute Gasteiger partial charge is 0.0757 e. The van der Waals surface area contributed by atoms with Gasteiger partial charge in [-0.3, -0.25) is 0 Å². The van der Waals surface area contributed by atoms with Crippen LogP contribution in [0.4, 0.5) is 0 Å². The summed E-state index contributed by atoms with van der Waals surface area (Å²) in [5.74, 6) is 5.00. The van der Waals surface area contributed by atoms with Crippen molar-refractivity contribution < 1.29 is 9.57 Å². The van der Waals surface area contributed by atoms with Crippen LogP contribution in [-0.2, 0) is 9.57 Å². The molecule has 0 atom stereocenters. The molecule has 3 nitrogen and oxygen atoms in total. The summed E-state index contributed by atoms with van der Waals surface area (Å²) in [6, 6.07) is 0. The highest BCUT2D eigenvalue weighted by Gasteiger charge is 2.37. The summed E-state index contributed by atoms with van der Waals surface area (Å²) in [4.78, 5) is 4.62. The second-order valence-electron chi connectivity index (χ2n) is 3.10. The van der Waals surface area contributed by atoms with Crippen molar-refractivity contribution in [1.82, 2.24) is 0 Å². The SMILES string of the molecule is COCC1(CON)CCC1. The summed E-state index contributed by atoms with van der Waals surface area (Å²) in [5, 5.41) is 0.